The van der Waals surface area contributed by atoms with Crippen LogP contribution in [0, 0.1) is 11.3 Å². The van der Waals surface area contributed by atoms with E-state index in [1.165, 1.54) is 37.6 Å². The minimum Gasteiger partial charge on any atom is -0.374 e. The lowest BCUT2D eigenvalue weighted by molar-refractivity contribution is -0.00866. The first-order valence-electron chi connectivity index (χ1n) is 13.2. The molecule has 2 aromatic carbocycles. The minimum absolute atomic E-state index is 0.0958. The lowest BCUT2D eigenvalue weighted by Gasteiger charge is -2.29. The summed E-state index contributed by atoms with van der Waals surface area (Å²) in [5.41, 5.74) is 3.78. The first kappa shape index (κ1) is 24.7. The van der Waals surface area contributed by atoms with E-state index in [0.29, 0.717) is 36.3 Å². The van der Waals surface area contributed by atoms with E-state index in [9.17, 15) is 4.79 Å². The zero-order valence-corrected chi connectivity index (χ0v) is 21.1. The maximum atomic E-state index is 12.8. The molecule has 1 amide bonds. The van der Waals surface area contributed by atoms with Crippen molar-refractivity contribution in [1.29, 1.82) is 5.41 Å². The van der Waals surface area contributed by atoms with E-state index < -0.39 is 0 Å². The van der Waals surface area contributed by atoms with Gasteiger partial charge in [0, 0.05) is 61.1 Å². The molecular formula is C29H37N5O2. The molecule has 1 saturated carbocycles. The summed E-state index contributed by atoms with van der Waals surface area (Å²) < 4.78 is 5.86. The molecule has 2 aromatic rings. The van der Waals surface area contributed by atoms with Gasteiger partial charge in [0.25, 0.3) is 5.91 Å². The molecule has 5 rings (SSSR count). The normalized spacial score (nSPS) is 23.0. The van der Waals surface area contributed by atoms with E-state index in [1.54, 1.807) is 6.21 Å². The number of hydrogen-bond donors (Lipinski definition) is 2. The molecule has 190 valence electrons. The second kappa shape index (κ2) is 11.4. The SMILES string of the molecule is CC(CN=CC=N)N1CC2CCN(c3ccc(NC(=O)c4ccc(COC5CCC5)cc4)cc3)C2C1. The molecule has 1 aliphatic carbocycles. The molecule has 2 aliphatic heterocycles. The van der Waals surface area contributed by atoms with Gasteiger partial charge in [0.15, 0.2) is 0 Å². The van der Waals surface area contributed by atoms with Gasteiger partial charge in [-0.1, -0.05) is 12.1 Å². The molecule has 2 saturated heterocycles. The topological polar surface area (TPSA) is 81.0 Å². The molecule has 3 aliphatic rings. The fourth-order valence-electron chi connectivity index (χ4n) is 5.50. The van der Waals surface area contributed by atoms with Crippen LogP contribution in [0.4, 0.5) is 11.4 Å². The number of hydrogen-bond acceptors (Lipinski definition) is 6. The molecule has 0 radical (unpaired) electrons. The minimum atomic E-state index is -0.0958. The highest BCUT2D eigenvalue weighted by atomic mass is 16.5. The van der Waals surface area contributed by atoms with Crippen molar-refractivity contribution < 1.29 is 9.53 Å². The van der Waals surface area contributed by atoms with Gasteiger partial charge in [0.1, 0.15) is 0 Å². The van der Waals surface area contributed by atoms with Crippen molar-refractivity contribution in [2.24, 2.45) is 10.9 Å². The van der Waals surface area contributed by atoms with Crippen molar-refractivity contribution in [1.82, 2.24) is 4.90 Å². The molecule has 7 heteroatoms. The van der Waals surface area contributed by atoms with Gasteiger partial charge in [0.2, 0.25) is 0 Å². The number of nitrogens with one attached hydrogen (secondary N) is 2. The Morgan fingerprint density at radius 3 is 2.61 bits per heavy atom. The zero-order valence-electron chi connectivity index (χ0n) is 21.1. The van der Waals surface area contributed by atoms with Crippen molar-refractivity contribution in [2.45, 2.75) is 57.4 Å². The average Bonchev–Trinajstić information content (AvgIpc) is 3.45. The molecule has 2 heterocycles. The third-order valence-corrected chi connectivity index (χ3v) is 7.96. The predicted molar refractivity (Wildman–Crippen MR) is 146 cm³/mol. The van der Waals surface area contributed by atoms with Crippen LogP contribution in [0.5, 0.6) is 0 Å². The summed E-state index contributed by atoms with van der Waals surface area (Å²) in [6, 6.07) is 16.9. The fourth-order valence-corrected chi connectivity index (χ4v) is 5.50. The third-order valence-electron chi connectivity index (χ3n) is 7.96. The number of fused-ring (bicyclic) bond motifs is 1. The van der Waals surface area contributed by atoms with Crippen molar-refractivity contribution in [3.8, 4) is 0 Å². The Morgan fingerprint density at radius 2 is 1.92 bits per heavy atom. The van der Waals surface area contributed by atoms with Crippen LogP contribution in [-0.2, 0) is 11.3 Å². The van der Waals surface area contributed by atoms with Gasteiger partial charge in [-0.3, -0.25) is 14.7 Å². The lowest BCUT2D eigenvalue weighted by Crippen LogP contribution is -2.39. The van der Waals surface area contributed by atoms with Crippen LogP contribution in [0.1, 0.15) is 48.5 Å². The molecule has 3 unspecified atom stereocenters. The number of benzene rings is 2. The number of aliphatic imine (C=N–C) groups is 1. The summed E-state index contributed by atoms with van der Waals surface area (Å²) in [5, 5.41) is 10.1. The summed E-state index contributed by atoms with van der Waals surface area (Å²) >= 11 is 0. The van der Waals surface area contributed by atoms with Crippen LogP contribution in [0.3, 0.4) is 0 Å². The summed E-state index contributed by atoms with van der Waals surface area (Å²) in [6.45, 7) is 6.81. The van der Waals surface area contributed by atoms with Crippen LogP contribution in [0.15, 0.2) is 53.5 Å². The largest absolute Gasteiger partial charge is 0.374 e. The summed E-state index contributed by atoms with van der Waals surface area (Å²) in [5.74, 6) is 0.585. The number of rotatable bonds is 10. The molecule has 0 spiro atoms. The van der Waals surface area contributed by atoms with E-state index >= 15 is 0 Å². The highest BCUT2D eigenvalue weighted by molar-refractivity contribution is 6.14. The van der Waals surface area contributed by atoms with Crippen molar-refractivity contribution in [2.75, 3.05) is 36.4 Å². The molecule has 3 fully saturated rings. The molecule has 7 nitrogen and oxygen atoms in total. The highest BCUT2D eigenvalue weighted by Gasteiger charge is 2.42. The van der Waals surface area contributed by atoms with E-state index in [4.69, 9.17) is 10.1 Å². The Kier molecular flexibility index (Phi) is 7.78. The lowest BCUT2D eigenvalue weighted by atomic mass is 9.96. The molecule has 36 heavy (non-hydrogen) atoms. The first-order valence-corrected chi connectivity index (χ1v) is 13.2. The van der Waals surface area contributed by atoms with Gasteiger partial charge in [0.05, 0.1) is 19.3 Å². The van der Waals surface area contributed by atoms with Crippen molar-refractivity contribution in [3.63, 3.8) is 0 Å². The van der Waals surface area contributed by atoms with Crippen molar-refractivity contribution in [3.05, 3.63) is 59.7 Å². The monoisotopic (exact) mass is 487 g/mol. The zero-order chi connectivity index (χ0) is 24.9. The first-order chi connectivity index (χ1) is 17.6. The van der Waals surface area contributed by atoms with Gasteiger partial charge >= 0.3 is 0 Å². The maximum absolute atomic E-state index is 12.8. The van der Waals surface area contributed by atoms with Crippen LogP contribution < -0.4 is 10.2 Å². The second-order valence-corrected chi connectivity index (χ2v) is 10.4. The molecule has 2 N–H and O–H groups in total. The van der Waals surface area contributed by atoms with Crippen LogP contribution in [0.25, 0.3) is 0 Å². The Morgan fingerprint density at radius 1 is 1.14 bits per heavy atom. The van der Waals surface area contributed by atoms with Crippen LogP contribution in [0.2, 0.25) is 0 Å². The maximum Gasteiger partial charge on any atom is 0.255 e. The average molecular weight is 488 g/mol. The number of amides is 1. The van der Waals surface area contributed by atoms with E-state index in [-0.39, 0.29) is 5.91 Å². The Hall–Kier alpha value is -3.03. The molecule has 0 bridgehead atoms. The van der Waals surface area contributed by atoms with Crippen LogP contribution in [-0.4, -0.2) is 67.6 Å². The Bertz CT molecular complexity index is 1060. The number of likely N-dealkylation sites (tertiary alicyclic amines) is 1. The second-order valence-electron chi connectivity index (χ2n) is 10.4. The van der Waals surface area contributed by atoms with Gasteiger partial charge in [-0.25, -0.2) is 0 Å². The molecular weight excluding hydrogens is 450 g/mol. The van der Waals surface area contributed by atoms with Gasteiger partial charge in [-0.05, 0) is 80.5 Å². The number of anilines is 2. The Labute approximate surface area is 214 Å². The highest BCUT2D eigenvalue weighted by Crippen LogP contribution is 2.36. The number of carbonyl (C=O) groups excluding carboxylic acids is 1. The Balaban J connectivity index is 1.14. The third kappa shape index (κ3) is 5.68. The fraction of sp³-hybridized carbons (Fsp3) is 0.483. The van der Waals surface area contributed by atoms with E-state index in [1.807, 2.05) is 36.4 Å². The van der Waals surface area contributed by atoms with E-state index in [0.717, 1.165) is 37.4 Å². The molecule has 0 aromatic heterocycles. The van der Waals surface area contributed by atoms with Gasteiger partial charge < -0.3 is 20.4 Å². The van der Waals surface area contributed by atoms with Gasteiger partial charge in [-0.15, -0.1) is 0 Å². The quantitative estimate of drug-likeness (QED) is 0.479. The smallest absolute Gasteiger partial charge is 0.255 e. The summed E-state index contributed by atoms with van der Waals surface area (Å²) in [6.07, 6.45) is 8.03. The van der Waals surface area contributed by atoms with Gasteiger partial charge in [-0.2, -0.15) is 0 Å². The number of nitrogens with zero attached hydrogens (tertiary/aromatic N) is 3. The molecule has 3 atom stereocenters. The summed E-state index contributed by atoms with van der Waals surface area (Å²) in [4.78, 5) is 22.1. The number of ether oxygens (including phenoxy) is 1. The van der Waals surface area contributed by atoms with E-state index in [2.05, 4.69) is 39.2 Å². The predicted octanol–water partition coefficient (Wildman–Crippen LogP) is 4.63. The van der Waals surface area contributed by atoms with Crippen molar-refractivity contribution >= 4 is 29.7 Å². The number of carbonyl (C=O) groups is 1. The summed E-state index contributed by atoms with van der Waals surface area (Å²) in [7, 11) is 0. The van der Waals surface area contributed by atoms with Crippen LogP contribution >= 0.6 is 0 Å². The standard InChI is InChI=1S/C29H37N5O2/c1-21(17-31-15-14-30)33-18-24-13-16-34(28(24)19-33)26-11-9-25(10-12-26)32-29(35)23-7-5-22(6-8-23)20-36-27-3-2-4-27/h5-12,14-15,21,24,27-28,30H,2-4,13,16-20H2,1H3,(H,32,35).